The monoisotopic (exact) mass is 442 g/mol. The second-order valence-electron chi connectivity index (χ2n) is 7.68. The van der Waals surface area contributed by atoms with Crippen LogP contribution in [0.2, 0.25) is 0 Å². The van der Waals surface area contributed by atoms with Crippen molar-refractivity contribution in [3.05, 3.63) is 83.4 Å². The predicted octanol–water partition coefficient (Wildman–Crippen LogP) is 6.48. The molecule has 0 aromatic heterocycles. The number of oxime groups is 1. The second kappa shape index (κ2) is 12.9. The third-order valence-electron chi connectivity index (χ3n) is 5.25. The minimum atomic E-state index is -0.564. The van der Waals surface area contributed by atoms with Crippen LogP contribution in [0.25, 0.3) is 11.1 Å². The average Bonchev–Trinajstić information content (AvgIpc) is 2.83. The van der Waals surface area contributed by atoms with Crippen molar-refractivity contribution < 1.29 is 14.4 Å². The van der Waals surface area contributed by atoms with Gasteiger partial charge in [-0.1, -0.05) is 80.4 Å². The molecule has 0 unspecified atom stereocenters. The molecule has 0 heterocycles. The van der Waals surface area contributed by atoms with Crippen molar-refractivity contribution in [1.82, 2.24) is 0 Å². The van der Waals surface area contributed by atoms with Crippen molar-refractivity contribution in [1.29, 1.82) is 5.26 Å². The number of Topliss-reactive ketones (excluding diaryl/α,β-unsaturated/α-hetero) is 1. The normalized spacial score (nSPS) is 11.6. The zero-order valence-corrected chi connectivity index (χ0v) is 19.6. The molecule has 0 saturated carbocycles. The highest BCUT2D eigenvalue weighted by molar-refractivity contribution is 6.55. The number of nitriles is 1. The Hall–Kier alpha value is -3.78. The molecule has 5 nitrogen and oxygen atoms in total. The quantitative estimate of drug-likeness (QED) is 0.131. The molecule has 0 amide bonds. The van der Waals surface area contributed by atoms with E-state index >= 15 is 0 Å². The van der Waals surface area contributed by atoms with Crippen molar-refractivity contribution >= 4 is 28.6 Å². The lowest BCUT2D eigenvalue weighted by Gasteiger charge is -2.15. The Bertz CT molecular complexity index is 1100. The molecule has 0 aliphatic heterocycles. The van der Waals surface area contributed by atoms with E-state index < -0.39 is 5.97 Å². The van der Waals surface area contributed by atoms with Gasteiger partial charge in [-0.05, 0) is 54.2 Å². The number of benzene rings is 2. The summed E-state index contributed by atoms with van der Waals surface area (Å²) in [7, 11) is 0. The average molecular weight is 443 g/mol. The van der Waals surface area contributed by atoms with Crippen molar-refractivity contribution in [2.75, 3.05) is 0 Å². The van der Waals surface area contributed by atoms with Crippen LogP contribution in [0.3, 0.4) is 0 Å². The largest absolute Gasteiger partial charge is 0.331 e. The van der Waals surface area contributed by atoms with E-state index in [1.165, 1.54) is 6.92 Å². The second-order valence-corrected chi connectivity index (χ2v) is 7.68. The molecule has 5 heteroatoms. The Morgan fingerprint density at radius 3 is 2.30 bits per heavy atom. The van der Waals surface area contributed by atoms with E-state index in [0.29, 0.717) is 17.6 Å². The number of allylic oxidation sites excluding steroid dienone is 2. The fourth-order valence-electron chi connectivity index (χ4n) is 3.49. The maximum absolute atomic E-state index is 13.5. The number of nitrogens with zero attached hydrogens (tertiary/aromatic N) is 2. The summed E-state index contributed by atoms with van der Waals surface area (Å²) in [4.78, 5) is 29.6. The van der Waals surface area contributed by atoms with Crippen molar-refractivity contribution in [3.63, 3.8) is 0 Å². The van der Waals surface area contributed by atoms with Crippen molar-refractivity contribution in [2.24, 2.45) is 5.16 Å². The molecule has 2 rings (SSSR count). The van der Waals surface area contributed by atoms with Gasteiger partial charge in [0.2, 0.25) is 5.78 Å². The summed E-state index contributed by atoms with van der Waals surface area (Å²) in [5, 5.41) is 12.9. The van der Waals surface area contributed by atoms with Gasteiger partial charge in [0.15, 0.2) is 0 Å². The van der Waals surface area contributed by atoms with Gasteiger partial charge in [-0.15, -0.1) is 0 Å². The lowest BCUT2D eigenvalue weighted by atomic mass is 9.88. The summed E-state index contributed by atoms with van der Waals surface area (Å²) in [5.74, 6) is -0.833. The number of rotatable bonds is 11. The zero-order valence-electron chi connectivity index (χ0n) is 19.6. The van der Waals surface area contributed by atoms with E-state index in [-0.39, 0.29) is 11.5 Å². The van der Waals surface area contributed by atoms with E-state index in [2.05, 4.69) is 24.7 Å². The Morgan fingerprint density at radius 1 is 1.06 bits per heavy atom. The smallest absolute Gasteiger partial charge is 0.318 e. The van der Waals surface area contributed by atoms with Gasteiger partial charge < -0.3 is 4.84 Å². The van der Waals surface area contributed by atoms with Crippen LogP contribution in [0, 0.1) is 11.3 Å². The van der Waals surface area contributed by atoms with Crippen LogP contribution in [0.5, 0.6) is 0 Å². The summed E-state index contributed by atoms with van der Waals surface area (Å²) < 4.78 is 0. The van der Waals surface area contributed by atoms with Crippen LogP contribution >= 0.6 is 0 Å². The lowest BCUT2D eigenvalue weighted by Crippen LogP contribution is -2.18. The van der Waals surface area contributed by atoms with Gasteiger partial charge >= 0.3 is 5.97 Å². The first-order valence-corrected chi connectivity index (χ1v) is 11.2. The summed E-state index contributed by atoms with van der Waals surface area (Å²) in [6.07, 6.45) is 6.09. The number of hydrogen-bond acceptors (Lipinski definition) is 5. The Labute approximate surface area is 196 Å². The van der Waals surface area contributed by atoms with Gasteiger partial charge in [0, 0.05) is 12.5 Å². The van der Waals surface area contributed by atoms with Gasteiger partial charge in [-0.2, -0.15) is 5.26 Å². The van der Waals surface area contributed by atoms with E-state index in [1.807, 2.05) is 36.4 Å². The molecule has 170 valence electrons. The minimum absolute atomic E-state index is 0.230. The molecule has 0 N–H and O–H groups in total. The predicted molar refractivity (Wildman–Crippen MR) is 132 cm³/mol. The first-order valence-electron chi connectivity index (χ1n) is 11.2. The van der Waals surface area contributed by atoms with Crippen LogP contribution in [0.4, 0.5) is 0 Å². The van der Waals surface area contributed by atoms with Crippen LogP contribution < -0.4 is 0 Å². The third-order valence-corrected chi connectivity index (χ3v) is 5.25. The highest BCUT2D eigenvalue weighted by Gasteiger charge is 2.22. The minimum Gasteiger partial charge on any atom is -0.318 e. The molecule has 2 aromatic carbocycles. The van der Waals surface area contributed by atoms with Gasteiger partial charge in [0.25, 0.3) is 0 Å². The third kappa shape index (κ3) is 7.11. The molecule has 33 heavy (non-hydrogen) atoms. The summed E-state index contributed by atoms with van der Waals surface area (Å²) in [5.41, 5.74) is 4.40. The highest BCUT2D eigenvalue weighted by Crippen LogP contribution is 2.30. The maximum Gasteiger partial charge on any atom is 0.331 e. The van der Waals surface area contributed by atoms with Gasteiger partial charge in [-0.25, -0.2) is 4.79 Å². The van der Waals surface area contributed by atoms with Gasteiger partial charge in [0.1, 0.15) is 5.71 Å². The van der Waals surface area contributed by atoms with Gasteiger partial charge in [-0.3, -0.25) is 4.79 Å². The Balaban J connectivity index is 2.40. The molecule has 2 aromatic rings. The van der Waals surface area contributed by atoms with Crippen LogP contribution in [0.1, 0.15) is 75.1 Å². The number of hydrogen-bond donors (Lipinski definition) is 0. The number of carbonyl (C=O) groups excluding carboxylic acids is 2. The Kier molecular flexibility index (Phi) is 9.98. The fraction of sp³-hybridized carbons (Fsp3) is 0.286. The topological polar surface area (TPSA) is 79.5 Å². The molecule has 0 bridgehead atoms. The van der Waals surface area contributed by atoms with E-state index in [1.54, 1.807) is 25.1 Å². The van der Waals surface area contributed by atoms with E-state index in [4.69, 9.17) is 10.1 Å². The summed E-state index contributed by atoms with van der Waals surface area (Å²) in [6, 6.07) is 16.8. The molecule has 0 saturated heterocycles. The standard InChI is InChI=1S/C28H30N2O3/c1-5-7-8-9-14-27(30-33-21(4)31)28(32)24(6-2)26-13-11-10-12-25(26)20(3)23-17-15-22(19-29)16-18-23/h6,10-13,15-18H,3,5,7-9,14H2,1-2,4H3/b24-6+,30-27+. The summed E-state index contributed by atoms with van der Waals surface area (Å²) >= 11 is 0. The lowest BCUT2D eigenvalue weighted by molar-refractivity contribution is -0.140. The van der Waals surface area contributed by atoms with Crippen LogP contribution in [0.15, 0.2) is 66.3 Å². The first-order chi connectivity index (χ1) is 15.9. The van der Waals surface area contributed by atoms with E-state index in [9.17, 15) is 9.59 Å². The Morgan fingerprint density at radius 2 is 1.73 bits per heavy atom. The zero-order chi connectivity index (χ0) is 24.2. The molecule has 0 aliphatic rings. The molecule has 0 aliphatic carbocycles. The SMILES string of the molecule is C=C(c1ccc(C#N)cc1)c1ccccc1/C(=C\C)C(=O)/C(CCCCCC)=N/OC(C)=O. The van der Waals surface area contributed by atoms with Crippen LogP contribution in [-0.2, 0) is 14.4 Å². The number of carbonyl (C=O) groups is 2. The van der Waals surface area contributed by atoms with Crippen molar-refractivity contribution in [2.45, 2.75) is 52.9 Å². The fourth-order valence-corrected chi connectivity index (χ4v) is 3.49. The number of unbranched alkanes of at least 4 members (excludes halogenated alkanes) is 3. The molecular formula is C28H30N2O3. The maximum atomic E-state index is 13.5. The molecule has 0 radical (unpaired) electrons. The van der Waals surface area contributed by atoms with Crippen LogP contribution in [-0.4, -0.2) is 17.5 Å². The molecule has 0 fully saturated rings. The highest BCUT2D eigenvalue weighted by atomic mass is 16.7. The summed E-state index contributed by atoms with van der Waals surface area (Å²) in [6.45, 7) is 9.42. The van der Waals surface area contributed by atoms with Gasteiger partial charge in [0.05, 0.1) is 11.6 Å². The molecule has 0 spiro atoms. The van der Waals surface area contributed by atoms with Crippen molar-refractivity contribution in [3.8, 4) is 6.07 Å². The number of ketones is 1. The molecular weight excluding hydrogens is 412 g/mol. The molecule has 0 atom stereocenters. The van der Waals surface area contributed by atoms with E-state index in [0.717, 1.165) is 47.9 Å². The first kappa shape index (κ1) is 25.5.